The van der Waals surface area contributed by atoms with Crippen molar-refractivity contribution in [1.29, 1.82) is 0 Å². The molecule has 0 unspecified atom stereocenters. The van der Waals surface area contributed by atoms with Gasteiger partial charge in [-0.15, -0.1) is 0 Å². The molecule has 15 rings (SSSR count). The normalized spacial score (nSPS) is 12.4. The van der Waals surface area contributed by atoms with Crippen molar-refractivity contribution < 1.29 is 8.83 Å². The first-order chi connectivity index (χ1) is 31.8. The Morgan fingerprint density at radius 3 is 1.81 bits per heavy atom. The minimum atomic E-state index is 0.558. The molecule has 64 heavy (non-hydrogen) atoms. The molecule has 15 aromatic rings. The van der Waals surface area contributed by atoms with E-state index < -0.39 is 0 Å². The molecule has 6 nitrogen and oxygen atoms in total. The lowest BCUT2D eigenvalue weighted by molar-refractivity contribution is 0.666. The average Bonchev–Trinajstić information content (AvgIpc) is 4.12. The summed E-state index contributed by atoms with van der Waals surface area (Å²) in [5, 5.41) is 14.9. The van der Waals surface area contributed by atoms with Crippen LogP contribution in [0.1, 0.15) is 0 Å². The average molecular weight is 817 g/mol. The van der Waals surface area contributed by atoms with Crippen molar-refractivity contribution in [3.05, 3.63) is 194 Å². The van der Waals surface area contributed by atoms with Crippen LogP contribution in [-0.4, -0.2) is 19.1 Å². The summed E-state index contributed by atoms with van der Waals surface area (Å²) < 4.78 is 18.1. The van der Waals surface area contributed by atoms with E-state index in [9.17, 15) is 0 Å². The van der Waals surface area contributed by atoms with Crippen molar-refractivity contribution in [3.63, 3.8) is 0 Å². The molecule has 6 heteroatoms. The van der Waals surface area contributed by atoms with Crippen molar-refractivity contribution in [1.82, 2.24) is 19.1 Å². The third-order valence-electron chi connectivity index (χ3n) is 13.5. The summed E-state index contributed by atoms with van der Waals surface area (Å²) in [7, 11) is 0. The van der Waals surface area contributed by atoms with Gasteiger partial charge in [-0.1, -0.05) is 140 Å². The van der Waals surface area contributed by atoms with Crippen LogP contribution >= 0.6 is 0 Å². The van der Waals surface area contributed by atoms with E-state index >= 15 is 0 Å². The Morgan fingerprint density at radius 2 is 1.00 bits per heavy atom. The van der Waals surface area contributed by atoms with Crippen LogP contribution < -0.4 is 0 Å². The van der Waals surface area contributed by atoms with Gasteiger partial charge in [0.05, 0.1) is 22.1 Å². The van der Waals surface area contributed by atoms with Crippen LogP contribution in [-0.2, 0) is 0 Å². The maximum atomic E-state index is 6.73. The molecule has 0 amide bonds. The molecule has 0 saturated heterocycles. The second-order valence-electron chi connectivity index (χ2n) is 16.8. The maximum Gasteiger partial charge on any atom is 0.236 e. The fraction of sp³-hybridized carbons (Fsp3) is 0. The number of rotatable bonds is 3. The molecule has 0 aliphatic rings. The molecule has 0 N–H and O–H groups in total. The lowest BCUT2D eigenvalue weighted by Gasteiger charge is -2.14. The highest BCUT2D eigenvalue weighted by Crippen LogP contribution is 2.48. The fourth-order valence-corrected chi connectivity index (χ4v) is 10.8. The van der Waals surface area contributed by atoms with Crippen LogP contribution in [0.4, 0.5) is 0 Å². The molecule has 10 aromatic carbocycles. The number of fused-ring (bicyclic) bond motifs is 20. The number of aromatic nitrogens is 4. The second-order valence-corrected chi connectivity index (χ2v) is 16.8. The summed E-state index contributed by atoms with van der Waals surface area (Å²) in [6, 6.07) is 68.8. The molecular formula is C58H32N4O2. The highest BCUT2D eigenvalue weighted by molar-refractivity contribution is 6.39. The number of furan rings is 2. The second kappa shape index (κ2) is 12.4. The third-order valence-corrected chi connectivity index (χ3v) is 13.5. The van der Waals surface area contributed by atoms with E-state index in [1.807, 2.05) is 18.2 Å². The number of para-hydroxylation sites is 3. The van der Waals surface area contributed by atoms with Crippen LogP contribution in [0, 0.1) is 0 Å². The van der Waals surface area contributed by atoms with Gasteiger partial charge in [0.15, 0.2) is 5.58 Å². The zero-order valence-electron chi connectivity index (χ0n) is 34.1. The van der Waals surface area contributed by atoms with Gasteiger partial charge in [-0.05, 0) is 86.9 Å². The molecule has 5 heterocycles. The van der Waals surface area contributed by atoms with Gasteiger partial charge in [0.25, 0.3) is 0 Å². The minimum Gasteiger partial charge on any atom is -0.456 e. The highest BCUT2D eigenvalue weighted by Gasteiger charge is 2.28. The van der Waals surface area contributed by atoms with E-state index in [-0.39, 0.29) is 0 Å². The SMILES string of the molecule is c1ccc(-n2c3ccc4ccccc4c3c3c4ccccc4c4c5ccccc5n(-c5nc(-c6ccc7c(c6)oc6ccc8ccccc8c67)c6oc7ccccc7c6n5)c4c32)cc1. The molecule has 0 aliphatic carbocycles. The van der Waals surface area contributed by atoms with E-state index in [2.05, 4.69) is 185 Å². The predicted molar refractivity (Wildman–Crippen MR) is 263 cm³/mol. The molecule has 0 aliphatic heterocycles. The van der Waals surface area contributed by atoms with Crippen LogP contribution in [0.2, 0.25) is 0 Å². The summed E-state index contributed by atoms with van der Waals surface area (Å²) in [4.78, 5) is 11.2. The van der Waals surface area contributed by atoms with E-state index in [1.165, 1.54) is 43.1 Å². The molecule has 0 saturated carbocycles. The van der Waals surface area contributed by atoms with Crippen LogP contribution in [0.25, 0.3) is 143 Å². The first-order valence-electron chi connectivity index (χ1n) is 21.7. The number of nitrogens with zero attached hydrogens (tertiary/aromatic N) is 4. The third kappa shape index (κ3) is 4.43. The molecular weight excluding hydrogens is 785 g/mol. The molecule has 0 radical (unpaired) electrons. The van der Waals surface area contributed by atoms with Crippen LogP contribution in [0.3, 0.4) is 0 Å². The fourth-order valence-electron chi connectivity index (χ4n) is 10.8. The van der Waals surface area contributed by atoms with Gasteiger partial charge in [-0.3, -0.25) is 4.57 Å². The first kappa shape index (κ1) is 33.9. The molecule has 296 valence electrons. The summed E-state index contributed by atoms with van der Waals surface area (Å²) in [6.45, 7) is 0. The Hall–Kier alpha value is -8.74. The first-order valence-corrected chi connectivity index (χ1v) is 21.7. The Bertz CT molecular complexity index is 4490. The van der Waals surface area contributed by atoms with Crippen molar-refractivity contribution >= 4 is 120 Å². The number of hydrogen-bond acceptors (Lipinski definition) is 4. The molecule has 5 aromatic heterocycles. The van der Waals surface area contributed by atoms with Gasteiger partial charge in [-0.2, -0.15) is 0 Å². The summed E-state index contributed by atoms with van der Waals surface area (Å²) in [5.41, 5.74) is 10.7. The van der Waals surface area contributed by atoms with Crippen molar-refractivity contribution in [2.45, 2.75) is 0 Å². The lowest BCUT2D eigenvalue weighted by atomic mass is 9.96. The van der Waals surface area contributed by atoms with Crippen molar-refractivity contribution in [2.24, 2.45) is 0 Å². The summed E-state index contributed by atoms with van der Waals surface area (Å²) in [6.07, 6.45) is 0. The smallest absolute Gasteiger partial charge is 0.236 e. The standard InChI is InChI=1S/C58H32N4O2/c1-2-16-36(17-3-1)61-45-30-27-33-14-5-7-19-38(33)51(45)52-40-21-9-8-20-39(40)50-41-22-10-12-24-44(41)62(55(50)56(52)61)58-59-53(57-54(60-58)43-23-11-13-25-46(43)64-57)35-26-29-42-48(32-35)63-47-31-28-34-15-4-6-18-37(34)49(42)47/h1-32H. The molecule has 0 fully saturated rings. The zero-order valence-corrected chi connectivity index (χ0v) is 34.1. The lowest BCUT2D eigenvalue weighted by Crippen LogP contribution is -2.04. The summed E-state index contributed by atoms with van der Waals surface area (Å²) in [5.74, 6) is 0.558. The van der Waals surface area contributed by atoms with Crippen molar-refractivity contribution in [3.8, 4) is 22.9 Å². The quantitative estimate of drug-likeness (QED) is 0.178. The monoisotopic (exact) mass is 816 g/mol. The van der Waals surface area contributed by atoms with Gasteiger partial charge in [-0.25, -0.2) is 9.97 Å². The maximum absolute atomic E-state index is 6.73. The van der Waals surface area contributed by atoms with Gasteiger partial charge in [0.1, 0.15) is 28.0 Å². The van der Waals surface area contributed by atoms with E-state index in [1.54, 1.807) is 0 Å². The largest absolute Gasteiger partial charge is 0.456 e. The van der Waals surface area contributed by atoms with Crippen LogP contribution in [0.5, 0.6) is 0 Å². The van der Waals surface area contributed by atoms with E-state index in [0.29, 0.717) is 17.2 Å². The summed E-state index contributed by atoms with van der Waals surface area (Å²) >= 11 is 0. The van der Waals surface area contributed by atoms with Gasteiger partial charge < -0.3 is 13.4 Å². The predicted octanol–water partition coefficient (Wildman–Crippen LogP) is 15.6. The van der Waals surface area contributed by atoms with Gasteiger partial charge >= 0.3 is 0 Å². The van der Waals surface area contributed by atoms with Crippen molar-refractivity contribution in [2.75, 3.05) is 0 Å². The minimum absolute atomic E-state index is 0.558. The Kier molecular flexibility index (Phi) is 6.59. The Labute approximate surface area is 363 Å². The van der Waals surface area contributed by atoms with Gasteiger partial charge in [0.2, 0.25) is 5.95 Å². The van der Waals surface area contributed by atoms with E-state index in [4.69, 9.17) is 18.8 Å². The van der Waals surface area contributed by atoms with E-state index in [0.717, 1.165) is 82.5 Å². The van der Waals surface area contributed by atoms with Gasteiger partial charge in [0, 0.05) is 49.0 Å². The zero-order chi connectivity index (χ0) is 41.6. The molecule has 0 atom stereocenters. The molecule has 0 spiro atoms. The number of benzene rings is 10. The van der Waals surface area contributed by atoms with Crippen LogP contribution in [0.15, 0.2) is 203 Å². The Morgan fingerprint density at radius 1 is 0.359 bits per heavy atom. The topological polar surface area (TPSA) is 61.9 Å². The Balaban J connectivity index is 1.13. The molecule has 0 bridgehead atoms. The highest BCUT2D eigenvalue weighted by atomic mass is 16.3. The number of hydrogen-bond donors (Lipinski definition) is 0.